The van der Waals surface area contributed by atoms with Gasteiger partial charge in [-0.1, -0.05) is 48.5 Å². The van der Waals surface area contributed by atoms with E-state index >= 15 is 0 Å². The molecule has 0 radical (unpaired) electrons. The van der Waals surface area contributed by atoms with Gasteiger partial charge < -0.3 is 20.7 Å². The fourth-order valence-electron chi connectivity index (χ4n) is 4.34. The Morgan fingerprint density at radius 2 is 1.45 bits per heavy atom. The minimum absolute atomic E-state index is 0.00418. The number of para-hydroxylation sites is 2. The van der Waals surface area contributed by atoms with E-state index in [1.807, 2.05) is 74.5 Å². The van der Waals surface area contributed by atoms with Crippen molar-refractivity contribution >= 4 is 23.1 Å². The van der Waals surface area contributed by atoms with E-state index in [9.17, 15) is 9.59 Å². The third kappa shape index (κ3) is 4.29. The van der Waals surface area contributed by atoms with Crippen LogP contribution in [-0.2, 0) is 10.5 Å². The zero-order valence-electron chi connectivity index (χ0n) is 19.3. The molecule has 3 N–H and O–H groups in total. The molecule has 1 amide bonds. The zero-order chi connectivity index (χ0) is 23.6. The van der Waals surface area contributed by atoms with E-state index in [0.29, 0.717) is 5.56 Å². The molecule has 0 bridgehead atoms. The molecule has 170 valence electrons. The molecule has 3 aromatic rings. The van der Waals surface area contributed by atoms with Gasteiger partial charge in [-0.15, -0.1) is 0 Å². The molecule has 0 aliphatic carbocycles. The average molecular weight is 444 g/mol. The summed E-state index contributed by atoms with van der Waals surface area (Å²) in [6.45, 7) is 5.44. The summed E-state index contributed by atoms with van der Waals surface area (Å²) in [6, 6.07) is 22.8. The van der Waals surface area contributed by atoms with Crippen LogP contribution in [0.25, 0.3) is 0 Å². The van der Waals surface area contributed by atoms with E-state index in [-0.39, 0.29) is 17.7 Å². The molecule has 6 nitrogen and oxygen atoms in total. The number of anilines is 2. The number of benzene rings is 3. The van der Waals surface area contributed by atoms with E-state index in [0.717, 1.165) is 28.3 Å². The first-order valence-corrected chi connectivity index (χ1v) is 11.1. The van der Waals surface area contributed by atoms with Crippen molar-refractivity contribution in [2.75, 3.05) is 17.7 Å². The molecule has 1 aliphatic heterocycles. The van der Waals surface area contributed by atoms with Crippen molar-refractivity contribution in [3.8, 4) is 5.75 Å². The Balaban J connectivity index is 1.89. The lowest BCUT2D eigenvalue weighted by molar-refractivity contribution is -0.124. The van der Waals surface area contributed by atoms with Crippen LogP contribution in [0.2, 0.25) is 0 Å². The van der Waals surface area contributed by atoms with Gasteiger partial charge in [-0.05, 0) is 56.2 Å². The highest BCUT2D eigenvalue weighted by Crippen LogP contribution is 2.47. The Kier molecular flexibility index (Phi) is 6.09. The first-order valence-electron chi connectivity index (χ1n) is 11.1. The summed E-state index contributed by atoms with van der Waals surface area (Å²) >= 11 is 0. The van der Waals surface area contributed by atoms with Crippen LogP contribution >= 0.6 is 0 Å². The number of ether oxygens (including phenoxy) is 1. The molecule has 6 heteroatoms. The molecular weight excluding hydrogens is 414 g/mol. The Morgan fingerprint density at radius 1 is 0.879 bits per heavy atom. The average Bonchev–Trinajstić information content (AvgIpc) is 3.19. The number of amides is 1. The Morgan fingerprint density at radius 3 is 1.94 bits per heavy atom. The fourth-order valence-corrected chi connectivity index (χ4v) is 4.34. The zero-order valence-corrected chi connectivity index (χ0v) is 19.3. The van der Waals surface area contributed by atoms with Crippen LogP contribution in [0.4, 0.5) is 11.4 Å². The number of carbonyl (C=O) groups is 2. The Labute approximate surface area is 194 Å². The summed E-state index contributed by atoms with van der Waals surface area (Å²) in [5.41, 5.74) is 3.15. The van der Waals surface area contributed by atoms with Crippen LogP contribution in [0.5, 0.6) is 5.75 Å². The molecule has 33 heavy (non-hydrogen) atoms. The second kappa shape index (κ2) is 8.98. The van der Waals surface area contributed by atoms with Crippen molar-refractivity contribution in [3.05, 3.63) is 89.5 Å². The van der Waals surface area contributed by atoms with Crippen molar-refractivity contribution in [3.63, 3.8) is 0 Å². The first-order chi connectivity index (χ1) is 15.8. The van der Waals surface area contributed by atoms with Gasteiger partial charge in [0.05, 0.1) is 18.5 Å². The van der Waals surface area contributed by atoms with Crippen LogP contribution in [0, 0.1) is 0 Å². The van der Waals surface area contributed by atoms with Gasteiger partial charge in [0.2, 0.25) is 5.91 Å². The van der Waals surface area contributed by atoms with E-state index in [4.69, 9.17) is 4.74 Å². The SMILES string of the molecule is COc1ccc(C(C(=O)NC(C)C)C2(c3ccc(C(C)=O)cc3)Nc3ccccc3N2)cc1. The molecule has 4 rings (SSSR count). The summed E-state index contributed by atoms with van der Waals surface area (Å²) in [5.74, 6) is -0.0206. The van der Waals surface area contributed by atoms with Crippen molar-refractivity contribution in [2.24, 2.45) is 0 Å². The number of nitrogens with one attached hydrogen (secondary N) is 3. The van der Waals surface area contributed by atoms with Gasteiger partial charge in [0, 0.05) is 11.6 Å². The maximum absolute atomic E-state index is 13.7. The predicted molar refractivity (Wildman–Crippen MR) is 131 cm³/mol. The molecule has 0 aromatic heterocycles. The molecule has 3 aromatic carbocycles. The highest BCUT2D eigenvalue weighted by molar-refractivity contribution is 5.94. The van der Waals surface area contributed by atoms with E-state index in [2.05, 4.69) is 16.0 Å². The van der Waals surface area contributed by atoms with Crippen LogP contribution in [-0.4, -0.2) is 24.8 Å². The van der Waals surface area contributed by atoms with Crippen molar-refractivity contribution in [1.29, 1.82) is 0 Å². The molecule has 1 unspecified atom stereocenters. The topological polar surface area (TPSA) is 79.5 Å². The van der Waals surface area contributed by atoms with Crippen LogP contribution < -0.4 is 20.7 Å². The quantitative estimate of drug-likeness (QED) is 0.453. The number of Topliss-reactive ketones (excluding diaryl/α,β-unsaturated/α-hetero) is 1. The van der Waals surface area contributed by atoms with Gasteiger partial charge in [0.15, 0.2) is 11.4 Å². The van der Waals surface area contributed by atoms with Crippen molar-refractivity contribution in [1.82, 2.24) is 5.32 Å². The van der Waals surface area contributed by atoms with Crippen molar-refractivity contribution < 1.29 is 14.3 Å². The van der Waals surface area contributed by atoms with Crippen LogP contribution in [0.1, 0.15) is 48.2 Å². The van der Waals surface area contributed by atoms with E-state index in [1.165, 1.54) is 0 Å². The van der Waals surface area contributed by atoms with Crippen molar-refractivity contribution in [2.45, 2.75) is 38.4 Å². The molecule has 1 aliphatic rings. The van der Waals surface area contributed by atoms with E-state index in [1.54, 1.807) is 26.2 Å². The van der Waals surface area contributed by atoms with Gasteiger partial charge in [0.25, 0.3) is 0 Å². The molecule has 0 saturated carbocycles. The number of rotatable bonds is 7. The molecule has 1 atom stereocenters. The van der Waals surface area contributed by atoms with E-state index < -0.39 is 11.6 Å². The summed E-state index contributed by atoms with van der Waals surface area (Å²) < 4.78 is 5.33. The van der Waals surface area contributed by atoms with Gasteiger partial charge in [-0.25, -0.2) is 0 Å². The molecule has 0 spiro atoms. The van der Waals surface area contributed by atoms with Crippen LogP contribution in [0.15, 0.2) is 72.8 Å². The maximum Gasteiger partial charge on any atom is 0.232 e. The maximum atomic E-state index is 13.7. The highest BCUT2D eigenvalue weighted by Gasteiger charge is 2.49. The molecule has 1 heterocycles. The van der Waals surface area contributed by atoms with Gasteiger partial charge in [-0.2, -0.15) is 0 Å². The minimum atomic E-state index is -0.966. The number of carbonyl (C=O) groups excluding carboxylic acids is 2. The third-order valence-corrected chi connectivity index (χ3v) is 5.91. The molecule has 0 saturated heterocycles. The third-order valence-electron chi connectivity index (χ3n) is 5.91. The summed E-state index contributed by atoms with van der Waals surface area (Å²) in [5, 5.41) is 10.3. The number of hydrogen-bond acceptors (Lipinski definition) is 5. The largest absolute Gasteiger partial charge is 0.497 e. The lowest BCUT2D eigenvalue weighted by Gasteiger charge is -2.39. The van der Waals surface area contributed by atoms with Gasteiger partial charge in [-0.3, -0.25) is 9.59 Å². The minimum Gasteiger partial charge on any atom is -0.497 e. The fraction of sp³-hybridized carbons (Fsp3) is 0.259. The number of methoxy groups -OCH3 is 1. The molecular formula is C27H29N3O3. The first kappa shape index (κ1) is 22.4. The Bertz CT molecular complexity index is 1130. The lowest BCUT2D eigenvalue weighted by atomic mass is 9.80. The second-order valence-corrected chi connectivity index (χ2v) is 8.61. The monoisotopic (exact) mass is 443 g/mol. The molecule has 0 fully saturated rings. The van der Waals surface area contributed by atoms with Crippen LogP contribution in [0.3, 0.4) is 0 Å². The summed E-state index contributed by atoms with van der Waals surface area (Å²) in [6.07, 6.45) is 0. The number of hydrogen-bond donors (Lipinski definition) is 3. The number of ketones is 1. The smallest absolute Gasteiger partial charge is 0.232 e. The normalized spacial score (nSPS) is 14.6. The number of fused-ring (bicyclic) bond motifs is 1. The predicted octanol–water partition coefficient (Wildman–Crippen LogP) is 4.90. The summed E-state index contributed by atoms with van der Waals surface area (Å²) in [4.78, 5) is 25.6. The van der Waals surface area contributed by atoms with Gasteiger partial charge >= 0.3 is 0 Å². The second-order valence-electron chi connectivity index (χ2n) is 8.61. The Hall–Kier alpha value is -3.80. The standard InChI is InChI=1S/C27H29N3O3/c1-17(2)28-26(32)25(20-11-15-22(33-4)16-12-20)27(21-13-9-19(10-14-21)18(3)31)29-23-7-5-6-8-24(23)30-27/h5-17,25,29-30H,1-4H3,(H,28,32). The van der Waals surface area contributed by atoms with Gasteiger partial charge in [0.1, 0.15) is 11.7 Å². The lowest BCUT2D eigenvalue weighted by Crippen LogP contribution is -2.51. The summed E-state index contributed by atoms with van der Waals surface area (Å²) in [7, 11) is 1.62. The highest BCUT2D eigenvalue weighted by atomic mass is 16.5.